The summed E-state index contributed by atoms with van der Waals surface area (Å²) in [5, 5.41) is 16.3. The number of carbonyl (C=O) groups excluding carboxylic acids is 3. The fourth-order valence-corrected chi connectivity index (χ4v) is 3.85. The molecule has 0 atom stereocenters. The van der Waals surface area contributed by atoms with Crippen LogP contribution in [-0.2, 0) is 16.1 Å². The van der Waals surface area contributed by atoms with Crippen molar-refractivity contribution in [2.75, 3.05) is 39.0 Å². The summed E-state index contributed by atoms with van der Waals surface area (Å²) in [4.78, 5) is 45.0. The monoisotopic (exact) mass is 461 g/mol. The number of rotatable bonds is 8. The molecule has 2 aliphatic rings. The number of nitrogens with one attached hydrogen (secondary N) is 1. The number of fused-ring (bicyclic) bond motifs is 1. The molecule has 4 rings (SSSR count). The number of benzene rings is 1. The van der Waals surface area contributed by atoms with Crippen LogP contribution < -0.4 is 5.32 Å². The van der Waals surface area contributed by atoms with Crippen molar-refractivity contribution in [3.63, 3.8) is 0 Å². The van der Waals surface area contributed by atoms with Crippen LogP contribution in [0.3, 0.4) is 0 Å². The fraction of sp³-hybridized carbons (Fsp3) is 0.417. The van der Waals surface area contributed by atoms with Crippen LogP contribution in [0.2, 0.25) is 0 Å². The third-order valence-corrected chi connectivity index (χ3v) is 5.98. The molecule has 0 bridgehead atoms. The molecule has 2 aromatic rings. The highest BCUT2D eigenvalue weighted by atomic mass is 16.2. The van der Waals surface area contributed by atoms with Gasteiger partial charge in [-0.3, -0.25) is 24.1 Å². The number of nitriles is 1. The van der Waals surface area contributed by atoms with E-state index in [4.69, 9.17) is 5.26 Å². The molecule has 1 fully saturated rings. The maximum Gasteiger partial charge on any atom is 0.272 e. The Kier molecular flexibility index (Phi) is 6.72. The highest BCUT2D eigenvalue weighted by Gasteiger charge is 2.31. The number of amides is 3. The SMILES string of the molecule is CN=Cc1ccc(-c2cc3n(n2)CCN(CC(=O)N(C)CCC#N)C3=O)c(NC(=O)C2CC2)c1. The van der Waals surface area contributed by atoms with Crippen LogP contribution in [0.1, 0.15) is 35.3 Å². The minimum atomic E-state index is -0.273. The van der Waals surface area contributed by atoms with Gasteiger partial charge in [-0.2, -0.15) is 10.4 Å². The molecular weight excluding hydrogens is 434 g/mol. The van der Waals surface area contributed by atoms with Crippen molar-refractivity contribution in [1.29, 1.82) is 5.26 Å². The van der Waals surface area contributed by atoms with Crippen molar-refractivity contribution in [3.8, 4) is 17.3 Å². The molecule has 0 radical (unpaired) electrons. The number of aliphatic imine (C=N–C) groups is 1. The van der Waals surface area contributed by atoms with E-state index in [1.807, 2.05) is 24.3 Å². The minimum Gasteiger partial charge on any atom is -0.343 e. The van der Waals surface area contributed by atoms with Gasteiger partial charge in [0.2, 0.25) is 11.8 Å². The summed E-state index contributed by atoms with van der Waals surface area (Å²) >= 11 is 0. The second-order valence-corrected chi connectivity index (χ2v) is 8.54. The lowest BCUT2D eigenvalue weighted by atomic mass is 10.1. The first-order valence-corrected chi connectivity index (χ1v) is 11.3. The lowest BCUT2D eigenvalue weighted by Gasteiger charge is -2.28. The number of nitrogens with zero attached hydrogens (tertiary/aromatic N) is 6. The summed E-state index contributed by atoms with van der Waals surface area (Å²) in [7, 11) is 3.31. The predicted molar refractivity (Wildman–Crippen MR) is 126 cm³/mol. The highest BCUT2D eigenvalue weighted by Crippen LogP contribution is 2.34. The van der Waals surface area contributed by atoms with Gasteiger partial charge in [0.25, 0.3) is 5.91 Å². The van der Waals surface area contributed by atoms with Crippen LogP contribution in [0.25, 0.3) is 11.3 Å². The van der Waals surface area contributed by atoms with E-state index < -0.39 is 0 Å². The molecule has 0 spiro atoms. The summed E-state index contributed by atoms with van der Waals surface area (Å²) < 4.78 is 1.64. The topological polar surface area (TPSA) is 124 Å². The summed E-state index contributed by atoms with van der Waals surface area (Å²) in [6.45, 7) is 1.10. The number of hydrogen-bond donors (Lipinski definition) is 1. The van der Waals surface area contributed by atoms with E-state index in [2.05, 4.69) is 15.4 Å². The number of anilines is 1. The highest BCUT2D eigenvalue weighted by molar-refractivity contribution is 6.00. The molecule has 1 aromatic heterocycles. The average Bonchev–Trinajstić information content (AvgIpc) is 3.59. The van der Waals surface area contributed by atoms with Gasteiger partial charge in [-0.05, 0) is 36.6 Å². The molecule has 1 aliphatic heterocycles. The van der Waals surface area contributed by atoms with Crippen molar-refractivity contribution in [2.45, 2.75) is 25.8 Å². The molecular formula is C24H27N7O3. The first-order chi connectivity index (χ1) is 16.4. The van der Waals surface area contributed by atoms with Gasteiger partial charge in [0.05, 0.1) is 30.4 Å². The molecule has 1 aromatic carbocycles. The largest absolute Gasteiger partial charge is 0.343 e. The standard InChI is InChI=1S/C24H27N7O3/c1-26-14-16-4-7-18(19(12-16)27-23(33)17-5-6-17)20-13-21-24(34)30(10-11-31(21)28-20)15-22(32)29(2)9-3-8-25/h4,7,12-14,17H,3,5-6,9-11,15H2,1-2H3,(H,27,33). The second kappa shape index (κ2) is 9.87. The van der Waals surface area contributed by atoms with Gasteiger partial charge in [-0.15, -0.1) is 0 Å². The normalized spacial score (nSPS) is 15.2. The zero-order valence-corrected chi connectivity index (χ0v) is 19.3. The molecule has 1 N–H and O–H groups in total. The van der Waals surface area contributed by atoms with Crippen LogP contribution in [0.15, 0.2) is 29.3 Å². The molecule has 2 heterocycles. The summed E-state index contributed by atoms with van der Waals surface area (Å²) in [6, 6.07) is 9.32. The molecule has 1 saturated carbocycles. The molecule has 10 heteroatoms. The zero-order valence-electron chi connectivity index (χ0n) is 19.3. The van der Waals surface area contributed by atoms with Crippen LogP contribution in [0.5, 0.6) is 0 Å². The molecule has 176 valence electrons. The van der Waals surface area contributed by atoms with Gasteiger partial charge in [-0.25, -0.2) is 0 Å². The zero-order chi connectivity index (χ0) is 24.2. The predicted octanol–water partition coefficient (Wildman–Crippen LogP) is 1.78. The van der Waals surface area contributed by atoms with E-state index in [9.17, 15) is 14.4 Å². The van der Waals surface area contributed by atoms with Crippen molar-refractivity contribution in [1.82, 2.24) is 19.6 Å². The van der Waals surface area contributed by atoms with Crippen LogP contribution in [-0.4, -0.2) is 77.2 Å². The third kappa shape index (κ3) is 4.98. The Morgan fingerprint density at radius 1 is 1.32 bits per heavy atom. The maximum absolute atomic E-state index is 13.1. The second-order valence-electron chi connectivity index (χ2n) is 8.54. The Hall–Kier alpha value is -4.00. The van der Waals surface area contributed by atoms with Gasteiger partial charge in [0, 0.05) is 44.9 Å². The van der Waals surface area contributed by atoms with Gasteiger partial charge >= 0.3 is 0 Å². The van der Waals surface area contributed by atoms with Gasteiger partial charge in [0.1, 0.15) is 12.2 Å². The number of likely N-dealkylation sites (N-methyl/N-ethyl adjacent to an activating group) is 1. The molecule has 10 nitrogen and oxygen atoms in total. The summed E-state index contributed by atoms with van der Waals surface area (Å²) in [5.41, 5.74) is 3.17. The van der Waals surface area contributed by atoms with Gasteiger partial charge in [-0.1, -0.05) is 6.07 Å². The Labute approximate surface area is 197 Å². The Balaban J connectivity index is 1.56. The van der Waals surface area contributed by atoms with E-state index >= 15 is 0 Å². The lowest BCUT2D eigenvalue weighted by molar-refractivity contribution is -0.130. The average molecular weight is 462 g/mol. The molecule has 34 heavy (non-hydrogen) atoms. The molecule has 0 unspecified atom stereocenters. The van der Waals surface area contributed by atoms with Crippen LogP contribution in [0.4, 0.5) is 5.69 Å². The van der Waals surface area contributed by atoms with E-state index in [1.54, 1.807) is 31.1 Å². The van der Waals surface area contributed by atoms with Gasteiger partial charge in [0.15, 0.2) is 0 Å². The first kappa shape index (κ1) is 23.2. The maximum atomic E-state index is 13.1. The van der Waals surface area contributed by atoms with E-state index in [0.717, 1.165) is 24.0 Å². The minimum absolute atomic E-state index is 0.0166. The van der Waals surface area contributed by atoms with Gasteiger partial charge < -0.3 is 15.1 Å². The van der Waals surface area contributed by atoms with Crippen molar-refractivity contribution in [2.24, 2.45) is 10.9 Å². The molecule has 1 aliphatic carbocycles. The van der Waals surface area contributed by atoms with Crippen molar-refractivity contribution < 1.29 is 14.4 Å². The van der Waals surface area contributed by atoms with E-state index in [-0.39, 0.29) is 36.6 Å². The third-order valence-electron chi connectivity index (χ3n) is 5.98. The fourth-order valence-electron chi connectivity index (χ4n) is 3.85. The summed E-state index contributed by atoms with van der Waals surface area (Å²) in [6.07, 6.45) is 3.74. The quantitative estimate of drug-likeness (QED) is 0.600. The number of aromatic nitrogens is 2. The Bertz CT molecular complexity index is 1190. The molecule has 0 saturated heterocycles. The Morgan fingerprint density at radius 3 is 2.82 bits per heavy atom. The van der Waals surface area contributed by atoms with Crippen LogP contribution in [0, 0.1) is 17.2 Å². The van der Waals surface area contributed by atoms with Crippen molar-refractivity contribution >= 4 is 29.6 Å². The lowest BCUT2D eigenvalue weighted by Crippen LogP contribution is -2.46. The van der Waals surface area contributed by atoms with Crippen LogP contribution >= 0.6 is 0 Å². The number of hydrogen-bond acceptors (Lipinski definition) is 6. The number of carbonyl (C=O) groups is 3. The smallest absolute Gasteiger partial charge is 0.272 e. The van der Waals surface area contributed by atoms with E-state index in [1.165, 1.54) is 9.80 Å². The Morgan fingerprint density at radius 2 is 2.12 bits per heavy atom. The van der Waals surface area contributed by atoms with E-state index in [0.29, 0.717) is 36.7 Å². The summed E-state index contributed by atoms with van der Waals surface area (Å²) in [5.74, 6) is -0.456. The molecule has 3 amide bonds. The van der Waals surface area contributed by atoms with Crippen molar-refractivity contribution in [3.05, 3.63) is 35.5 Å². The first-order valence-electron chi connectivity index (χ1n) is 11.3.